The predicted octanol–water partition coefficient (Wildman–Crippen LogP) is 3.57. The van der Waals surface area contributed by atoms with Crippen molar-refractivity contribution in [2.75, 3.05) is 44.0 Å². The summed E-state index contributed by atoms with van der Waals surface area (Å²) in [5.41, 5.74) is 11.3. The SMILES string of the molecule is C=Cc1cc(-c2cc(N)c(N3CCN(C(=O)COC)[C@H](C(C)C)C3)nc2C2CC2)ccn1. The number of pyridine rings is 2. The highest BCUT2D eigenvalue weighted by Crippen LogP contribution is 2.45. The van der Waals surface area contributed by atoms with Crippen LogP contribution in [0.3, 0.4) is 0 Å². The van der Waals surface area contributed by atoms with Crippen molar-refractivity contribution < 1.29 is 9.53 Å². The second kappa shape index (κ2) is 9.28. The van der Waals surface area contributed by atoms with E-state index in [1.165, 1.54) is 0 Å². The van der Waals surface area contributed by atoms with Gasteiger partial charge in [-0.3, -0.25) is 9.78 Å². The molecule has 2 fully saturated rings. The van der Waals surface area contributed by atoms with Gasteiger partial charge in [0.1, 0.15) is 6.61 Å². The molecule has 1 aliphatic heterocycles. The van der Waals surface area contributed by atoms with Crippen LogP contribution in [0.5, 0.6) is 0 Å². The quantitative estimate of drug-likeness (QED) is 0.716. The van der Waals surface area contributed by atoms with Crippen molar-refractivity contribution in [2.24, 2.45) is 5.92 Å². The highest BCUT2D eigenvalue weighted by Gasteiger charge is 2.35. The van der Waals surface area contributed by atoms with Crippen LogP contribution in [-0.2, 0) is 9.53 Å². The topological polar surface area (TPSA) is 84.6 Å². The Balaban J connectivity index is 1.66. The molecule has 3 heterocycles. The lowest BCUT2D eigenvalue weighted by Crippen LogP contribution is -2.58. The number of nitrogen functional groups attached to an aromatic ring is 1. The normalized spacial score (nSPS) is 18.8. The first-order chi connectivity index (χ1) is 15.4. The van der Waals surface area contributed by atoms with Crippen LogP contribution in [0.25, 0.3) is 17.2 Å². The second-order valence-corrected chi connectivity index (χ2v) is 9.06. The number of methoxy groups -OCH3 is 1. The monoisotopic (exact) mass is 435 g/mol. The van der Waals surface area contributed by atoms with Crippen LogP contribution < -0.4 is 10.6 Å². The maximum Gasteiger partial charge on any atom is 0.248 e. The van der Waals surface area contributed by atoms with E-state index in [4.69, 9.17) is 15.5 Å². The smallest absolute Gasteiger partial charge is 0.248 e. The van der Waals surface area contributed by atoms with Crippen molar-refractivity contribution in [2.45, 2.75) is 38.6 Å². The Bertz CT molecular complexity index is 1000. The molecule has 2 aliphatic rings. The summed E-state index contributed by atoms with van der Waals surface area (Å²) in [5.74, 6) is 1.65. The van der Waals surface area contributed by atoms with Gasteiger partial charge in [-0.1, -0.05) is 20.4 Å². The molecular weight excluding hydrogens is 402 g/mol. The number of amides is 1. The molecule has 2 N–H and O–H groups in total. The van der Waals surface area contributed by atoms with E-state index in [0.29, 0.717) is 37.2 Å². The van der Waals surface area contributed by atoms with E-state index in [0.717, 1.165) is 41.2 Å². The van der Waals surface area contributed by atoms with E-state index in [1.807, 2.05) is 17.0 Å². The van der Waals surface area contributed by atoms with Crippen molar-refractivity contribution in [3.05, 3.63) is 42.4 Å². The van der Waals surface area contributed by atoms with E-state index in [2.05, 4.69) is 36.4 Å². The first-order valence-electron chi connectivity index (χ1n) is 11.4. The summed E-state index contributed by atoms with van der Waals surface area (Å²) in [4.78, 5) is 26.2. The number of carbonyl (C=O) groups is 1. The number of anilines is 2. The third-order valence-corrected chi connectivity index (χ3v) is 6.40. The number of nitrogens with two attached hydrogens (primary N) is 1. The van der Waals surface area contributed by atoms with Gasteiger partial charge in [-0.05, 0) is 48.6 Å². The molecule has 1 saturated carbocycles. The van der Waals surface area contributed by atoms with Crippen LogP contribution in [0.4, 0.5) is 11.5 Å². The van der Waals surface area contributed by atoms with E-state index >= 15 is 0 Å². The Morgan fingerprint density at radius 3 is 2.78 bits per heavy atom. The highest BCUT2D eigenvalue weighted by atomic mass is 16.5. The van der Waals surface area contributed by atoms with Gasteiger partial charge in [0.05, 0.1) is 23.1 Å². The van der Waals surface area contributed by atoms with Gasteiger partial charge in [0.2, 0.25) is 5.91 Å². The molecule has 0 spiro atoms. The Morgan fingerprint density at radius 1 is 1.34 bits per heavy atom. The third kappa shape index (κ3) is 4.48. The number of hydrogen-bond acceptors (Lipinski definition) is 6. The number of hydrogen-bond donors (Lipinski definition) is 1. The average molecular weight is 436 g/mol. The molecule has 0 radical (unpaired) electrons. The van der Waals surface area contributed by atoms with Gasteiger partial charge < -0.3 is 20.3 Å². The molecule has 1 aliphatic carbocycles. The Hall–Kier alpha value is -2.93. The summed E-state index contributed by atoms with van der Waals surface area (Å²) in [5, 5.41) is 0. The molecule has 2 aromatic heterocycles. The summed E-state index contributed by atoms with van der Waals surface area (Å²) >= 11 is 0. The molecule has 1 amide bonds. The first kappa shape index (κ1) is 22.3. The molecule has 4 rings (SSSR count). The van der Waals surface area contributed by atoms with E-state index in [1.54, 1.807) is 19.4 Å². The second-order valence-electron chi connectivity index (χ2n) is 9.06. The predicted molar refractivity (Wildman–Crippen MR) is 128 cm³/mol. The maximum atomic E-state index is 12.6. The molecule has 1 atom stereocenters. The van der Waals surface area contributed by atoms with Crippen LogP contribution in [0.1, 0.15) is 44.0 Å². The summed E-state index contributed by atoms with van der Waals surface area (Å²) in [6, 6.07) is 6.19. The average Bonchev–Trinajstić information content (AvgIpc) is 3.64. The lowest BCUT2D eigenvalue weighted by atomic mass is 9.98. The van der Waals surface area contributed by atoms with Crippen LogP contribution >= 0.6 is 0 Å². The molecular formula is C25H33N5O2. The summed E-state index contributed by atoms with van der Waals surface area (Å²) in [6.45, 7) is 10.3. The van der Waals surface area contributed by atoms with Crippen molar-refractivity contribution in [1.29, 1.82) is 0 Å². The largest absolute Gasteiger partial charge is 0.396 e. The molecule has 170 valence electrons. The Labute approximate surface area is 190 Å². The van der Waals surface area contributed by atoms with Gasteiger partial charge >= 0.3 is 0 Å². The van der Waals surface area contributed by atoms with Gasteiger partial charge in [-0.15, -0.1) is 0 Å². The van der Waals surface area contributed by atoms with Gasteiger partial charge in [0.15, 0.2) is 5.82 Å². The fourth-order valence-corrected chi connectivity index (χ4v) is 4.50. The van der Waals surface area contributed by atoms with Crippen molar-refractivity contribution in [3.63, 3.8) is 0 Å². The lowest BCUT2D eigenvalue weighted by Gasteiger charge is -2.44. The number of aromatic nitrogens is 2. The third-order valence-electron chi connectivity index (χ3n) is 6.40. The summed E-state index contributed by atoms with van der Waals surface area (Å²) in [6.07, 6.45) is 5.85. The fraction of sp³-hybridized carbons (Fsp3) is 0.480. The Kier molecular flexibility index (Phi) is 6.46. The zero-order valence-corrected chi connectivity index (χ0v) is 19.3. The van der Waals surface area contributed by atoms with Crippen LogP contribution in [0.15, 0.2) is 31.0 Å². The summed E-state index contributed by atoms with van der Waals surface area (Å²) < 4.78 is 5.09. The minimum absolute atomic E-state index is 0.0384. The zero-order valence-electron chi connectivity index (χ0n) is 19.3. The van der Waals surface area contributed by atoms with Crippen molar-refractivity contribution in [1.82, 2.24) is 14.9 Å². The highest BCUT2D eigenvalue weighted by molar-refractivity contribution is 5.79. The van der Waals surface area contributed by atoms with Gasteiger partial charge in [-0.25, -0.2) is 4.98 Å². The molecule has 0 bridgehead atoms. The molecule has 7 heteroatoms. The maximum absolute atomic E-state index is 12.6. The first-order valence-corrected chi connectivity index (χ1v) is 11.4. The molecule has 2 aromatic rings. The van der Waals surface area contributed by atoms with Crippen LogP contribution in [0, 0.1) is 5.92 Å². The lowest BCUT2D eigenvalue weighted by molar-refractivity contribution is -0.139. The standard InChI is InChI=1S/C25H33N5O2/c1-5-19-12-18(8-9-27-19)20-13-21(26)25(28-24(20)17-6-7-17)29-10-11-30(23(31)15-32-4)22(14-29)16(2)3/h5,8-9,12-13,16-17,22H,1,6-7,10-11,14-15,26H2,2-4H3/t22-/m0/s1. The number of nitrogens with zero attached hydrogens (tertiary/aromatic N) is 4. The number of ether oxygens (including phenoxy) is 1. The minimum Gasteiger partial charge on any atom is -0.396 e. The van der Waals surface area contributed by atoms with E-state index < -0.39 is 0 Å². The van der Waals surface area contributed by atoms with Crippen LogP contribution in [-0.4, -0.2) is 60.2 Å². The number of carbonyl (C=O) groups excluding carboxylic acids is 1. The molecule has 7 nitrogen and oxygen atoms in total. The molecule has 1 saturated heterocycles. The van der Waals surface area contributed by atoms with Gasteiger partial charge in [0, 0.05) is 44.4 Å². The molecule has 0 aromatic carbocycles. The zero-order chi connectivity index (χ0) is 22.8. The van der Waals surface area contributed by atoms with Gasteiger partial charge in [-0.2, -0.15) is 0 Å². The molecule has 32 heavy (non-hydrogen) atoms. The fourth-order valence-electron chi connectivity index (χ4n) is 4.50. The van der Waals surface area contributed by atoms with Gasteiger partial charge in [0.25, 0.3) is 0 Å². The minimum atomic E-state index is 0.0384. The Morgan fingerprint density at radius 2 is 2.12 bits per heavy atom. The molecule has 0 unspecified atom stereocenters. The number of rotatable bonds is 7. The summed E-state index contributed by atoms with van der Waals surface area (Å²) in [7, 11) is 1.56. The number of piperazine rings is 1. The van der Waals surface area contributed by atoms with Crippen molar-refractivity contribution >= 4 is 23.5 Å². The van der Waals surface area contributed by atoms with E-state index in [9.17, 15) is 4.79 Å². The van der Waals surface area contributed by atoms with E-state index in [-0.39, 0.29) is 18.6 Å². The van der Waals surface area contributed by atoms with Crippen LogP contribution in [0.2, 0.25) is 0 Å². The van der Waals surface area contributed by atoms with Crippen molar-refractivity contribution in [3.8, 4) is 11.1 Å².